The second-order valence-electron chi connectivity index (χ2n) is 8.73. The quantitative estimate of drug-likeness (QED) is 0.369. The van der Waals surface area contributed by atoms with Gasteiger partial charge >= 0.3 is 0 Å². The monoisotopic (exact) mass is 470 g/mol. The lowest BCUT2D eigenvalue weighted by atomic mass is 10.1. The van der Waals surface area contributed by atoms with Gasteiger partial charge in [0.05, 0.1) is 13.2 Å². The lowest BCUT2D eigenvalue weighted by Crippen LogP contribution is -2.38. The molecule has 0 N–H and O–H groups in total. The van der Waals surface area contributed by atoms with Crippen LogP contribution < -0.4 is 4.74 Å². The molecule has 4 rings (SSSR count). The van der Waals surface area contributed by atoms with E-state index in [0.29, 0.717) is 19.7 Å². The number of benzene rings is 3. The highest BCUT2D eigenvalue weighted by atomic mass is 16.5. The van der Waals surface area contributed by atoms with E-state index in [2.05, 4.69) is 17.0 Å². The van der Waals surface area contributed by atoms with Gasteiger partial charge in [0.15, 0.2) is 0 Å². The summed E-state index contributed by atoms with van der Waals surface area (Å²) in [4.78, 5) is 17.4. The Bertz CT molecular complexity index is 1050. The highest BCUT2D eigenvalue weighted by Gasteiger charge is 2.14. The Hall–Kier alpha value is -3.41. The third-order valence-electron chi connectivity index (χ3n) is 6.08. The minimum atomic E-state index is 0.0280. The van der Waals surface area contributed by atoms with Crippen molar-refractivity contribution >= 4 is 12.0 Å². The first-order valence-corrected chi connectivity index (χ1v) is 12.3. The van der Waals surface area contributed by atoms with Crippen LogP contribution in [0.3, 0.4) is 0 Å². The first-order chi connectivity index (χ1) is 17.3. The molecule has 1 heterocycles. The van der Waals surface area contributed by atoms with E-state index in [-0.39, 0.29) is 5.91 Å². The molecule has 0 radical (unpaired) electrons. The van der Waals surface area contributed by atoms with E-state index in [4.69, 9.17) is 9.47 Å². The van der Waals surface area contributed by atoms with Gasteiger partial charge in [0.1, 0.15) is 12.4 Å². The van der Waals surface area contributed by atoms with Crippen LogP contribution in [0, 0.1) is 0 Å². The van der Waals surface area contributed by atoms with Crippen molar-refractivity contribution in [3.63, 3.8) is 0 Å². The SMILES string of the molecule is O=C(/C=C/c1ccccc1)N(CCCN1CCOCC1)Cc1ccc(OCc2ccccc2)cc1. The summed E-state index contributed by atoms with van der Waals surface area (Å²) in [5, 5.41) is 0. The standard InChI is InChI=1S/C30H34N2O3/c33-30(17-14-26-8-3-1-4-9-26)32(19-7-18-31-20-22-34-23-21-31)24-27-12-15-29(16-13-27)35-25-28-10-5-2-6-11-28/h1-6,8-17H,7,18-25H2/b17-14+. The molecule has 0 spiro atoms. The van der Waals surface area contributed by atoms with E-state index in [1.807, 2.05) is 83.8 Å². The number of rotatable bonds is 11. The van der Waals surface area contributed by atoms with Crippen molar-refractivity contribution in [3.8, 4) is 5.75 Å². The molecule has 5 heteroatoms. The van der Waals surface area contributed by atoms with Gasteiger partial charge in [-0.05, 0) is 41.3 Å². The molecule has 3 aromatic rings. The Morgan fingerprint density at radius 2 is 1.57 bits per heavy atom. The van der Waals surface area contributed by atoms with E-state index in [9.17, 15) is 4.79 Å². The van der Waals surface area contributed by atoms with Gasteiger partial charge < -0.3 is 14.4 Å². The molecule has 35 heavy (non-hydrogen) atoms. The molecule has 0 aromatic heterocycles. The number of morpholine rings is 1. The van der Waals surface area contributed by atoms with Crippen LogP contribution >= 0.6 is 0 Å². The van der Waals surface area contributed by atoms with Crippen LogP contribution in [0.2, 0.25) is 0 Å². The molecular weight excluding hydrogens is 436 g/mol. The van der Waals surface area contributed by atoms with Crippen LogP contribution in [0.25, 0.3) is 6.08 Å². The number of amides is 1. The molecule has 5 nitrogen and oxygen atoms in total. The van der Waals surface area contributed by atoms with Crippen molar-refractivity contribution in [2.24, 2.45) is 0 Å². The number of nitrogens with zero attached hydrogens (tertiary/aromatic N) is 2. The van der Waals surface area contributed by atoms with Gasteiger partial charge in [0.2, 0.25) is 5.91 Å². The first kappa shape index (κ1) is 24.7. The molecule has 0 unspecified atom stereocenters. The number of carbonyl (C=O) groups is 1. The third-order valence-corrected chi connectivity index (χ3v) is 6.08. The summed E-state index contributed by atoms with van der Waals surface area (Å²) in [5.74, 6) is 0.854. The number of hydrogen-bond acceptors (Lipinski definition) is 4. The highest BCUT2D eigenvalue weighted by molar-refractivity contribution is 5.91. The summed E-state index contributed by atoms with van der Waals surface area (Å²) in [6, 6.07) is 28.1. The number of carbonyl (C=O) groups excluding carboxylic acids is 1. The van der Waals surface area contributed by atoms with Gasteiger partial charge in [-0.25, -0.2) is 0 Å². The predicted octanol–water partition coefficient (Wildman–Crippen LogP) is 5.03. The van der Waals surface area contributed by atoms with Gasteiger partial charge in [-0.2, -0.15) is 0 Å². The smallest absolute Gasteiger partial charge is 0.246 e. The van der Waals surface area contributed by atoms with E-state index >= 15 is 0 Å². The summed E-state index contributed by atoms with van der Waals surface area (Å²) in [5.41, 5.74) is 3.25. The average Bonchev–Trinajstić information content (AvgIpc) is 2.92. The van der Waals surface area contributed by atoms with Gasteiger partial charge in [0.25, 0.3) is 0 Å². The first-order valence-electron chi connectivity index (χ1n) is 12.3. The summed E-state index contributed by atoms with van der Waals surface area (Å²) in [6.45, 7) is 6.31. The van der Waals surface area contributed by atoms with Crippen LogP contribution in [0.1, 0.15) is 23.1 Å². The fourth-order valence-corrected chi connectivity index (χ4v) is 4.07. The van der Waals surface area contributed by atoms with E-state index in [1.165, 1.54) is 0 Å². The van der Waals surface area contributed by atoms with Crippen LogP contribution in [0.4, 0.5) is 0 Å². The minimum Gasteiger partial charge on any atom is -0.489 e. The molecule has 0 bridgehead atoms. The van der Waals surface area contributed by atoms with Crippen LogP contribution in [0.5, 0.6) is 5.75 Å². The fraction of sp³-hybridized carbons (Fsp3) is 0.300. The summed E-state index contributed by atoms with van der Waals surface area (Å²) < 4.78 is 11.4. The van der Waals surface area contributed by atoms with E-state index in [1.54, 1.807) is 6.08 Å². The molecule has 0 atom stereocenters. The van der Waals surface area contributed by atoms with Gasteiger partial charge in [-0.3, -0.25) is 9.69 Å². The summed E-state index contributed by atoms with van der Waals surface area (Å²) in [7, 11) is 0. The maximum absolute atomic E-state index is 13.1. The molecule has 1 fully saturated rings. The van der Waals surface area contributed by atoms with Crippen molar-refractivity contribution in [3.05, 3.63) is 108 Å². The van der Waals surface area contributed by atoms with Crippen molar-refractivity contribution in [2.75, 3.05) is 39.4 Å². The zero-order chi connectivity index (χ0) is 24.1. The predicted molar refractivity (Wildman–Crippen MR) is 140 cm³/mol. The maximum atomic E-state index is 13.1. The van der Waals surface area contributed by atoms with Gasteiger partial charge in [-0.1, -0.05) is 72.8 Å². The molecule has 182 valence electrons. The molecule has 0 saturated carbocycles. The topological polar surface area (TPSA) is 42.0 Å². The summed E-state index contributed by atoms with van der Waals surface area (Å²) >= 11 is 0. The van der Waals surface area contributed by atoms with Crippen LogP contribution in [-0.2, 0) is 22.7 Å². The Kier molecular flexibility index (Phi) is 9.51. The average molecular weight is 471 g/mol. The highest BCUT2D eigenvalue weighted by Crippen LogP contribution is 2.16. The zero-order valence-electron chi connectivity index (χ0n) is 20.2. The lowest BCUT2D eigenvalue weighted by Gasteiger charge is -2.28. The Labute approximate surface area is 208 Å². The maximum Gasteiger partial charge on any atom is 0.246 e. The summed E-state index contributed by atoms with van der Waals surface area (Å²) in [6.07, 6.45) is 4.50. The minimum absolute atomic E-state index is 0.0280. The van der Waals surface area contributed by atoms with Crippen molar-refractivity contribution in [2.45, 2.75) is 19.6 Å². The third kappa shape index (κ3) is 8.39. The molecule has 0 aliphatic carbocycles. The second-order valence-corrected chi connectivity index (χ2v) is 8.73. The van der Waals surface area contributed by atoms with Gasteiger partial charge in [0, 0.05) is 38.8 Å². The molecule has 1 saturated heterocycles. The molecule has 3 aromatic carbocycles. The van der Waals surface area contributed by atoms with E-state index in [0.717, 1.165) is 61.7 Å². The zero-order valence-corrected chi connectivity index (χ0v) is 20.2. The van der Waals surface area contributed by atoms with Crippen LogP contribution in [-0.4, -0.2) is 55.1 Å². The van der Waals surface area contributed by atoms with Crippen molar-refractivity contribution < 1.29 is 14.3 Å². The molecule has 1 amide bonds. The van der Waals surface area contributed by atoms with E-state index < -0.39 is 0 Å². The Balaban J connectivity index is 1.35. The Morgan fingerprint density at radius 3 is 2.29 bits per heavy atom. The normalized spacial score (nSPS) is 14.2. The molecule has 1 aliphatic heterocycles. The number of hydrogen-bond donors (Lipinski definition) is 0. The Morgan fingerprint density at radius 1 is 0.886 bits per heavy atom. The number of ether oxygens (including phenoxy) is 2. The van der Waals surface area contributed by atoms with Crippen molar-refractivity contribution in [1.29, 1.82) is 0 Å². The molecule has 1 aliphatic rings. The van der Waals surface area contributed by atoms with Crippen molar-refractivity contribution in [1.82, 2.24) is 9.80 Å². The van der Waals surface area contributed by atoms with Crippen LogP contribution in [0.15, 0.2) is 91.0 Å². The fourth-order valence-electron chi connectivity index (χ4n) is 4.07. The lowest BCUT2D eigenvalue weighted by molar-refractivity contribution is -0.126. The molecular formula is C30H34N2O3. The van der Waals surface area contributed by atoms with Gasteiger partial charge in [-0.15, -0.1) is 0 Å². The largest absolute Gasteiger partial charge is 0.489 e. The second kappa shape index (κ2) is 13.5.